The van der Waals surface area contributed by atoms with Crippen molar-refractivity contribution in [2.24, 2.45) is 11.8 Å². The van der Waals surface area contributed by atoms with Crippen molar-refractivity contribution in [1.82, 2.24) is 0 Å². The van der Waals surface area contributed by atoms with Crippen LogP contribution in [0.5, 0.6) is 0 Å². The maximum absolute atomic E-state index is 11.6. The molecule has 3 unspecified atom stereocenters. The van der Waals surface area contributed by atoms with E-state index in [0.29, 0.717) is 11.8 Å². The second kappa shape index (κ2) is 6.21. The Labute approximate surface area is 127 Å². The van der Waals surface area contributed by atoms with Gasteiger partial charge in [0.15, 0.2) is 0 Å². The zero-order valence-corrected chi connectivity index (χ0v) is 13.2. The predicted octanol–water partition coefficient (Wildman–Crippen LogP) is 4.26. The minimum atomic E-state index is -0.0136. The Morgan fingerprint density at radius 2 is 2.05 bits per heavy atom. The molecule has 2 aliphatic rings. The van der Waals surface area contributed by atoms with Crippen molar-refractivity contribution in [3.05, 3.63) is 34.9 Å². The summed E-state index contributed by atoms with van der Waals surface area (Å²) in [6, 6.07) is 7.11. The molecule has 21 heavy (non-hydrogen) atoms. The molecular formula is C19H26O2. The number of fused-ring (bicyclic) bond motifs is 1. The van der Waals surface area contributed by atoms with Crippen molar-refractivity contribution in [2.45, 2.75) is 57.8 Å². The molecule has 0 radical (unpaired) electrons. The number of benzene rings is 1. The van der Waals surface area contributed by atoms with Crippen LogP contribution >= 0.6 is 0 Å². The lowest BCUT2D eigenvalue weighted by atomic mass is 9.85. The largest absolute Gasteiger partial charge is 0.469 e. The van der Waals surface area contributed by atoms with E-state index in [1.165, 1.54) is 38.4 Å². The Morgan fingerprint density at radius 3 is 2.76 bits per heavy atom. The van der Waals surface area contributed by atoms with Crippen molar-refractivity contribution in [3.63, 3.8) is 0 Å². The van der Waals surface area contributed by atoms with Gasteiger partial charge in [0, 0.05) is 0 Å². The second-order valence-electron chi connectivity index (χ2n) is 6.70. The van der Waals surface area contributed by atoms with Gasteiger partial charge in [-0.05, 0) is 73.5 Å². The van der Waals surface area contributed by atoms with E-state index in [0.717, 1.165) is 19.3 Å². The molecule has 0 N–H and O–H groups in total. The van der Waals surface area contributed by atoms with E-state index in [-0.39, 0.29) is 11.9 Å². The molecule has 1 aromatic carbocycles. The van der Waals surface area contributed by atoms with Crippen LogP contribution < -0.4 is 0 Å². The molecule has 0 aliphatic heterocycles. The van der Waals surface area contributed by atoms with E-state index in [1.807, 2.05) is 0 Å². The number of methoxy groups -OCH3 is 1. The molecule has 2 aliphatic carbocycles. The molecular weight excluding hydrogens is 260 g/mol. The van der Waals surface area contributed by atoms with Crippen LogP contribution in [-0.4, -0.2) is 13.1 Å². The molecule has 0 aromatic heterocycles. The standard InChI is InChI=1S/C19H26O2/c1-3-13(10-17-12-18(17)19(20)21-2)16-9-8-14-6-4-5-7-15(14)11-16/h8-9,11,13,17-18H,3-7,10,12H2,1-2H3. The maximum Gasteiger partial charge on any atom is 0.308 e. The van der Waals surface area contributed by atoms with Crippen molar-refractivity contribution in [1.29, 1.82) is 0 Å². The van der Waals surface area contributed by atoms with Crippen LogP contribution in [0.15, 0.2) is 18.2 Å². The second-order valence-corrected chi connectivity index (χ2v) is 6.70. The summed E-state index contributed by atoms with van der Waals surface area (Å²) in [6.45, 7) is 2.26. The summed E-state index contributed by atoms with van der Waals surface area (Å²) in [5, 5.41) is 0. The minimum absolute atomic E-state index is 0.0136. The highest BCUT2D eigenvalue weighted by molar-refractivity contribution is 5.75. The van der Waals surface area contributed by atoms with Gasteiger partial charge in [-0.2, -0.15) is 0 Å². The quantitative estimate of drug-likeness (QED) is 0.756. The van der Waals surface area contributed by atoms with Gasteiger partial charge in [-0.25, -0.2) is 0 Å². The predicted molar refractivity (Wildman–Crippen MR) is 84.3 cm³/mol. The number of hydrogen-bond donors (Lipinski definition) is 0. The van der Waals surface area contributed by atoms with Crippen molar-refractivity contribution < 1.29 is 9.53 Å². The van der Waals surface area contributed by atoms with Crippen LogP contribution in [0.2, 0.25) is 0 Å². The first-order chi connectivity index (χ1) is 10.2. The van der Waals surface area contributed by atoms with Gasteiger partial charge in [0.1, 0.15) is 0 Å². The number of hydrogen-bond acceptors (Lipinski definition) is 2. The Balaban J connectivity index is 1.68. The Hall–Kier alpha value is -1.31. The summed E-state index contributed by atoms with van der Waals surface area (Å²) in [5.74, 6) is 1.29. The molecule has 0 bridgehead atoms. The molecule has 0 saturated heterocycles. The molecule has 1 aromatic rings. The van der Waals surface area contributed by atoms with Gasteiger partial charge < -0.3 is 4.74 Å². The van der Waals surface area contributed by atoms with Gasteiger partial charge in [0.2, 0.25) is 0 Å². The monoisotopic (exact) mass is 286 g/mol. The molecule has 1 fully saturated rings. The number of aryl methyl sites for hydroxylation is 2. The van der Waals surface area contributed by atoms with E-state index in [9.17, 15) is 4.79 Å². The average Bonchev–Trinajstić information content (AvgIpc) is 3.30. The van der Waals surface area contributed by atoms with Crippen LogP contribution in [0, 0.1) is 11.8 Å². The van der Waals surface area contributed by atoms with Crippen LogP contribution in [-0.2, 0) is 22.4 Å². The third kappa shape index (κ3) is 3.14. The summed E-state index contributed by atoms with van der Waals surface area (Å²) >= 11 is 0. The molecule has 0 spiro atoms. The van der Waals surface area contributed by atoms with Crippen LogP contribution in [0.4, 0.5) is 0 Å². The van der Waals surface area contributed by atoms with Crippen LogP contribution in [0.1, 0.15) is 61.6 Å². The maximum atomic E-state index is 11.6. The molecule has 0 amide bonds. The highest BCUT2D eigenvalue weighted by Crippen LogP contribution is 2.46. The lowest BCUT2D eigenvalue weighted by Gasteiger charge is -2.21. The Morgan fingerprint density at radius 1 is 1.29 bits per heavy atom. The molecule has 0 heterocycles. The van der Waals surface area contributed by atoms with Gasteiger partial charge in [-0.3, -0.25) is 4.79 Å². The minimum Gasteiger partial charge on any atom is -0.469 e. The fourth-order valence-electron chi connectivity index (χ4n) is 3.86. The van der Waals surface area contributed by atoms with Gasteiger partial charge >= 0.3 is 5.97 Å². The summed E-state index contributed by atoms with van der Waals surface area (Å²) in [6.07, 6.45) is 8.48. The number of ether oxygens (including phenoxy) is 1. The summed E-state index contributed by atoms with van der Waals surface area (Å²) in [4.78, 5) is 11.6. The smallest absolute Gasteiger partial charge is 0.308 e. The van der Waals surface area contributed by atoms with E-state index in [2.05, 4.69) is 25.1 Å². The topological polar surface area (TPSA) is 26.3 Å². The SMILES string of the molecule is CCC(CC1CC1C(=O)OC)c1ccc2c(c1)CCCC2. The van der Waals surface area contributed by atoms with Crippen molar-refractivity contribution in [2.75, 3.05) is 7.11 Å². The van der Waals surface area contributed by atoms with Crippen LogP contribution in [0.3, 0.4) is 0 Å². The highest BCUT2D eigenvalue weighted by atomic mass is 16.5. The highest BCUT2D eigenvalue weighted by Gasteiger charge is 2.44. The third-order valence-corrected chi connectivity index (χ3v) is 5.35. The molecule has 3 rings (SSSR count). The first-order valence-corrected chi connectivity index (χ1v) is 8.42. The number of rotatable bonds is 5. The third-order valence-electron chi connectivity index (χ3n) is 5.35. The first kappa shape index (κ1) is 14.6. The van der Waals surface area contributed by atoms with Gasteiger partial charge in [0.05, 0.1) is 13.0 Å². The molecule has 114 valence electrons. The van der Waals surface area contributed by atoms with E-state index < -0.39 is 0 Å². The normalized spacial score (nSPS) is 25.0. The molecule has 1 saturated carbocycles. The fraction of sp³-hybridized carbons (Fsp3) is 0.632. The van der Waals surface area contributed by atoms with Gasteiger partial charge in [-0.1, -0.05) is 25.1 Å². The van der Waals surface area contributed by atoms with Gasteiger partial charge in [-0.15, -0.1) is 0 Å². The number of carbonyl (C=O) groups is 1. The summed E-state index contributed by atoms with van der Waals surface area (Å²) in [5.41, 5.74) is 4.60. The lowest BCUT2D eigenvalue weighted by Crippen LogP contribution is -2.08. The zero-order valence-electron chi connectivity index (χ0n) is 13.2. The van der Waals surface area contributed by atoms with E-state index >= 15 is 0 Å². The van der Waals surface area contributed by atoms with Crippen molar-refractivity contribution in [3.8, 4) is 0 Å². The van der Waals surface area contributed by atoms with E-state index in [1.54, 1.807) is 11.1 Å². The van der Waals surface area contributed by atoms with Crippen LogP contribution in [0.25, 0.3) is 0 Å². The summed E-state index contributed by atoms with van der Waals surface area (Å²) in [7, 11) is 1.50. The average molecular weight is 286 g/mol. The van der Waals surface area contributed by atoms with E-state index in [4.69, 9.17) is 4.74 Å². The number of carbonyl (C=O) groups excluding carboxylic acids is 1. The molecule has 2 heteroatoms. The lowest BCUT2D eigenvalue weighted by molar-refractivity contribution is -0.142. The fourth-order valence-corrected chi connectivity index (χ4v) is 3.86. The number of esters is 1. The van der Waals surface area contributed by atoms with Gasteiger partial charge in [0.25, 0.3) is 0 Å². The first-order valence-electron chi connectivity index (χ1n) is 8.42. The summed E-state index contributed by atoms with van der Waals surface area (Å²) < 4.78 is 4.86. The van der Waals surface area contributed by atoms with Crippen molar-refractivity contribution >= 4 is 5.97 Å². The zero-order chi connectivity index (χ0) is 14.8. The molecule has 3 atom stereocenters. The Bertz CT molecular complexity index is 520. The molecule has 2 nitrogen and oxygen atoms in total. The Kier molecular flexibility index (Phi) is 4.32.